The Balaban J connectivity index is 2.61. The highest BCUT2D eigenvalue weighted by Crippen LogP contribution is 2.19. The number of carboxylic acids is 1. The van der Waals surface area contributed by atoms with Crippen LogP contribution in [0.4, 0.5) is 0 Å². The van der Waals surface area contributed by atoms with E-state index in [1.165, 1.54) is 0 Å². The van der Waals surface area contributed by atoms with Crippen molar-refractivity contribution in [3.8, 4) is 0 Å². The van der Waals surface area contributed by atoms with Crippen LogP contribution in [0.15, 0.2) is 0 Å². The van der Waals surface area contributed by atoms with E-state index in [0.29, 0.717) is 12.5 Å². The fraction of sp³-hybridized carbons (Fsp3) is 0.833. The summed E-state index contributed by atoms with van der Waals surface area (Å²) >= 11 is 0. The molecule has 0 fully saturated rings. The lowest BCUT2D eigenvalue weighted by atomic mass is 10.0. The molecule has 0 bridgehead atoms. The first kappa shape index (κ1) is 14.6. The predicted octanol–water partition coefficient (Wildman–Crippen LogP) is 2.08. The summed E-state index contributed by atoms with van der Waals surface area (Å²) in [5.74, 6) is 0.428. The van der Waals surface area contributed by atoms with E-state index in [9.17, 15) is 4.79 Å². The van der Waals surface area contributed by atoms with E-state index in [-0.39, 0.29) is 12.3 Å². The molecule has 18 heavy (non-hydrogen) atoms. The summed E-state index contributed by atoms with van der Waals surface area (Å²) < 4.78 is 1.74. The van der Waals surface area contributed by atoms with Crippen LogP contribution in [0.3, 0.4) is 0 Å². The van der Waals surface area contributed by atoms with Crippen LogP contribution < -0.4 is 0 Å². The van der Waals surface area contributed by atoms with Gasteiger partial charge in [0.2, 0.25) is 0 Å². The van der Waals surface area contributed by atoms with Gasteiger partial charge in [0.15, 0.2) is 5.82 Å². The first-order chi connectivity index (χ1) is 8.54. The number of aliphatic carboxylic acids is 1. The highest BCUT2D eigenvalue weighted by atomic mass is 16.4. The van der Waals surface area contributed by atoms with Gasteiger partial charge < -0.3 is 5.11 Å². The SMILES string of the molecule is CCCCC(C)c1nnnn1CC(C)CC(=O)O. The molecule has 1 heterocycles. The van der Waals surface area contributed by atoms with Crippen molar-refractivity contribution in [2.24, 2.45) is 5.92 Å². The number of hydrogen-bond acceptors (Lipinski definition) is 4. The van der Waals surface area contributed by atoms with E-state index >= 15 is 0 Å². The second-order valence-corrected chi connectivity index (χ2v) is 4.97. The quantitative estimate of drug-likeness (QED) is 0.768. The zero-order valence-corrected chi connectivity index (χ0v) is 11.3. The van der Waals surface area contributed by atoms with Crippen LogP contribution in [0.5, 0.6) is 0 Å². The summed E-state index contributed by atoms with van der Waals surface area (Å²) in [6, 6.07) is 0. The third-order valence-electron chi connectivity index (χ3n) is 3.00. The molecule has 0 amide bonds. The van der Waals surface area contributed by atoms with Crippen LogP contribution in [0.2, 0.25) is 0 Å². The van der Waals surface area contributed by atoms with Crippen molar-refractivity contribution in [2.45, 2.75) is 58.9 Å². The maximum Gasteiger partial charge on any atom is 0.303 e. The molecule has 1 aromatic heterocycles. The summed E-state index contributed by atoms with van der Waals surface area (Å²) in [6.45, 7) is 6.73. The summed E-state index contributed by atoms with van der Waals surface area (Å²) in [4.78, 5) is 10.6. The molecule has 2 unspecified atom stereocenters. The minimum absolute atomic E-state index is 0.0307. The molecule has 6 heteroatoms. The van der Waals surface area contributed by atoms with Crippen molar-refractivity contribution < 1.29 is 9.90 Å². The van der Waals surface area contributed by atoms with Crippen molar-refractivity contribution in [3.05, 3.63) is 5.82 Å². The Morgan fingerprint density at radius 2 is 2.17 bits per heavy atom. The fourth-order valence-electron chi connectivity index (χ4n) is 1.99. The van der Waals surface area contributed by atoms with Crippen molar-refractivity contribution in [2.75, 3.05) is 0 Å². The number of rotatable bonds is 8. The van der Waals surface area contributed by atoms with Gasteiger partial charge in [0.25, 0.3) is 0 Å². The maximum atomic E-state index is 10.6. The standard InChI is InChI=1S/C12H22N4O2/c1-4-5-6-10(3)12-13-14-15-16(12)8-9(2)7-11(17)18/h9-10H,4-8H2,1-3H3,(H,17,18). The monoisotopic (exact) mass is 254 g/mol. The average Bonchev–Trinajstić information content (AvgIpc) is 2.72. The number of aromatic nitrogens is 4. The van der Waals surface area contributed by atoms with Gasteiger partial charge in [-0.3, -0.25) is 4.79 Å². The lowest BCUT2D eigenvalue weighted by Gasteiger charge is -2.13. The molecule has 6 nitrogen and oxygen atoms in total. The second kappa shape index (κ2) is 7.08. The molecule has 1 N–H and O–H groups in total. The first-order valence-electron chi connectivity index (χ1n) is 6.52. The summed E-state index contributed by atoms with van der Waals surface area (Å²) in [7, 11) is 0. The predicted molar refractivity (Wildman–Crippen MR) is 67.2 cm³/mol. The van der Waals surface area contributed by atoms with Crippen molar-refractivity contribution >= 4 is 5.97 Å². The molecule has 102 valence electrons. The third kappa shape index (κ3) is 4.43. The van der Waals surface area contributed by atoms with Crippen molar-refractivity contribution in [1.82, 2.24) is 20.2 Å². The normalized spacial score (nSPS) is 14.4. The Hall–Kier alpha value is -1.46. The molecule has 0 aromatic carbocycles. The van der Waals surface area contributed by atoms with E-state index in [0.717, 1.165) is 25.1 Å². The van der Waals surface area contributed by atoms with Gasteiger partial charge in [-0.05, 0) is 22.8 Å². The summed E-state index contributed by atoms with van der Waals surface area (Å²) in [5, 5.41) is 20.5. The molecule has 0 aliphatic rings. The van der Waals surface area contributed by atoms with Gasteiger partial charge >= 0.3 is 5.97 Å². The van der Waals surface area contributed by atoms with Gasteiger partial charge in [-0.15, -0.1) is 5.10 Å². The zero-order chi connectivity index (χ0) is 13.5. The highest BCUT2D eigenvalue weighted by molar-refractivity contribution is 5.66. The Morgan fingerprint density at radius 3 is 2.78 bits per heavy atom. The highest BCUT2D eigenvalue weighted by Gasteiger charge is 2.17. The van der Waals surface area contributed by atoms with Gasteiger partial charge in [0, 0.05) is 18.9 Å². The van der Waals surface area contributed by atoms with Gasteiger partial charge in [0.05, 0.1) is 0 Å². The number of carboxylic acid groups (broad SMARTS) is 1. The van der Waals surface area contributed by atoms with Crippen LogP contribution in [0.25, 0.3) is 0 Å². The number of nitrogens with zero attached hydrogens (tertiary/aromatic N) is 4. The zero-order valence-electron chi connectivity index (χ0n) is 11.3. The molecule has 0 saturated carbocycles. The van der Waals surface area contributed by atoms with Crippen molar-refractivity contribution in [3.63, 3.8) is 0 Å². The fourth-order valence-corrected chi connectivity index (χ4v) is 1.99. The molecule has 0 radical (unpaired) electrons. The largest absolute Gasteiger partial charge is 0.481 e. The summed E-state index contributed by atoms with van der Waals surface area (Å²) in [5.41, 5.74) is 0. The van der Waals surface area contributed by atoms with Crippen LogP contribution in [-0.4, -0.2) is 31.3 Å². The van der Waals surface area contributed by atoms with Crippen LogP contribution in [0, 0.1) is 5.92 Å². The number of hydrogen-bond donors (Lipinski definition) is 1. The minimum atomic E-state index is -0.781. The van der Waals surface area contributed by atoms with E-state index in [1.54, 1.807) is 4.68 Å². The van der Waals surface area contributed by atoms with Crippen molar-refractivity contribution in [1.29, 1.82) is 0 Å². The lowest BCUT2D eigenvalue weighted by Crippen LogP contribution is -2.16. The first-order valence-corrected chi connectivity index (χ1v) is 6.52. The molecular formula is C12H22N4O2. The van der Waals surface area contributed by atoms with E-state index in [4.69, 9.17) is 5.11 Å². The molecule has 0 spiro atoms. The molecule has 1 aromatic rings. The summed E-state index contributed by atoms with van der Waals surface area (Å²) in [6.07, 6.45) is 3.51. The van der Waals surface area contributed by atoms with Gasteiger partial charge in [-0.25, -0.2) is 4.68 Å². The third-order valence-corrected chi connectivity index (χ3v) is 3.00. The topological polar surface area (TPSA) is 80.9 Å². The molecular weight excluding hydrogens is 232 g/mol. The average molecular weight is 254 g/mol. The van der Waals surface area contributed by atoms with Gasteiger partial charge in [-0.1, -0.05) is 33.6 Å². The Labute approximate surface area is 107 Å². The molecule has 2 atom stereocenters. The van der Waals surface area contributed by atoms with E-state index < -0.39 is 5.97 Å². The lowest BCUT2D eigenvalue weighted by molar-refractivity contribution is -0.138. The van der Waals surface area contributed by atoms with Crippen LogP contribution in [-0.2, 0) is 11.3 Å². The van der Waals surface area contributed by atoms with E-state index in [1.807, 2.05) is 6.92 Å². The van der Waals surface area contributed by atoms with E-state index in [2.05, 4.69) is 29.4 Å². The molecule has 0 aliphatic carbocycles. The number of unbranched alkanes of at least 4 members (excludes halogenated alkanes) is 1. The number of carbonyl (C=O) groups is 1. The van der Waals surface area contributed by atoms with Crippen LogP contribution >= 0.6 is 0 Å². The Bertz CT molecular complexity index is 378. The van der Waals surface area contributed by atoms with Crippen LogP contribution in [0.1, 0.15) is 58.2 Å². The van der Waals surface area contributed by atoms with Gasteiger partial charge in [0.1, 0.15) is 0 Å². The van der Waals surface area contributed by atoms with Gasteiger partial charge in [-0.2, -0.15) is 0 Å². The maximum absolute atomic E-state index is 10.6. The minimum Gasteiger partial charge on any atom is -0.481 e. The Kier molecular flexibility index (Phi) is 5.74. The second-order valence-electron chi connectivity index (χ2n) is 4.97. The molecule has 0 saturated heterocycles. The Morgan fingerprint density at radius 1 is 1.44 bits per heavy atom. The molecule has 1 rings (SSSR count). The number of tetrazole rings is 1. The smallest absolute Gasteiger partial charge is 0.303 e. The molecule has 0 aliphatic heterocycles.